The number of anilines is 1. The molecule has 8 heteroatoms. The standard InChI is InChI=1S/C23H23N7O/c1-2-3-4-7-18(24)28-23(31)16-10-8-15(9-11-16)19-20-21(25)27-13-14-30(20)22(29-19)17-6-5-12-26-17/h1,3-4,7-11,13-14,17,26H,5-6,12,24H2,(H2,25,27)(H,28,31)/b4-3-,18-7+/t17-/m0/s1. The van der Waals surface area contributed by atoms with Crippen LogP contribution in [-0.4, -0.2) is 26.8 Å². The van der Waals surface area contributed by atoms with E-state index in [-0.39, 0.29) is 17.8 Å². The quantitative estimate of drug-likeness (QED) is 0.375. The van der Waals surface area contributed by atoms with Crippen molar-refractivity contribution < 1.29 is 4.79 Å². The summed E-state index contributed by atoms with van der Waals surface area (Å²) in [5.41, 5.74) is 14.8. The van der Waals surface area contributed by atoms with Crippen LogP contribution in [0.1, 0.15) is 35.1 Å². The number of hydrogen-bond donors (Lipinski definition) is 4. The number of imidazole rings is 1. The van der Waals surface area contributed by atoms with Crippen molar-refractivity contribution in [3.05, 3.63) is 72.1 Å². The molecule has 0 spiro atoms. The van der Waals surface area contributed by atoms with Gasteiger partial charge in [0, 0.05) is 23.5 Å². The minimum atomic E-state index is -0.318. The van der Waals surface area contributed by atoms with Crippen molar-refractivity contribution in [1.82, 2.24) is 25.0 Å². The van der Waals surface area contributed by atoms with E-state index in [0.29, 0.717) is 11.4 Å². The van der Waals surface area contributed by atoms with Crippen LogP contribution in [0.4, 0.5) is 5.82 Å². The maximum absolute atomic E-state index is 12.4. The Morgan fingerprint density at radius 2 is 2.16 bits per heavy atom. The fraction of sp³-hybridized carbons (Fsp3) is 0.174. The van der Waals surface area contributed by atoms with Crippen LogP contribution in [-0.2, 0) is 0 Å². The first-order valence-corrected chi connectivity index (χ1v) is 9.94. The Morgan fingerprint density at radius 3 is 2.87 bits per heavy atom. The number of allylic oxidation sites excluding steroid dienone is 3. The van der Waals surface area contributed by atoms with E-state index in [1.165, 1.54) is 12.2 Å². The van der Waals surface area contributed by atoms with E-state index in [1.807, 2.05) is 22.7 Å². The lowest BCUT2D eigenvalue weighted by Gasteiger charge is -2.08. The molecule has 0 unspecified atom stereocenters. The molecule has 31 heavy (non-hydrogen) atoms. The Morgan fingerprint density at radius 1 is 1.35 bits per heavy atom. The van der Waals surface area contributed by atoms with E-state index < -0.39 is 0 Å². The topological polar surface area (TPSA) is 123 Å². The summed E-state index contributed by atoms with van der Waals surface area (Å²) in [6.45, 7) is 0.968. The lowest BCUT2D eigenvalue weighted by Crippen LogP contribution is -2.27. The molecule has 0 aliphatic carbocycles. The molecular formula is C23H23N7O. The van der Waals surface area contributed by atoms with Gasteiger partial charge in [0.1, 0.15) is 28.7 Å². The van der Waals surface area contributed by atoms with Gasteiger partial charge in [0.25, 0.3) is 5.91 Å². The zero-order valence-corrected chi connectivity index (χ0v) is 16.9. The summed E-state index contributed by atoms with van der Waals surface area (Å²) in [6.07, 6.45) is 15.4. The summed E-state index contributed by atoms with van der Waals surface area (Å²) < 4.78 is 2.00. The molecular weight excluding hydrogens is 390 g/mol. The molecule has 1 aromatic carbocycles. The zero-order valence-electron chi connectivity index (χ0n) is 16.9. The normalized spacial score (nSPS) is 16.6. The Bertz CT molecular complexity index is 1210. The highest BCUT2D eigenvalue weighted by atomic mass is 16.1. The van der Waals surface area contributed by atoms with Crippen LogP contribution in [0.5, 0.6) is 0 Å². The number of benzene rings is 1. The monoisotopic (exact) mass is 413 g/mol. The number of carbonyl (C=O) groups excluding carboxylic acids is 1. The predicted molar refractivity (Wildman–Crippen MR) is 121 cm³/mol. The Balaban J connectivity index is 1.64. The molecule has 156 valence electrons. The molecule has 1 fully saturated rings. The van der Waals surface area contributed by atoms with Crippen LogP contribution in [0.25, 0.3) is 16.8 Å². The predicted octanol–water partition coefficient (Wildman–Crippen LogP) is 2.12. The molecule has 4 rings (SSSR count). The molecule has 0 radical (unpaired) electrons. The van der Waals surface area contributed by atoms with Crippen molar-refractivity contribution >= 4 is 17.2 Å². The lowest BCUT2D eigenvalue weighted by molar-refractivity contribution is 0.0965. The van der Waals surface area contributed by atoms with Gasteiger partial charge in [-0.05, 0) is 43.7 Å². The van der Waals surface area contributed by atoms with Crippen LogP contribution in [0.3, 0.4) is 0 Å². The van der Waals surface area contributed by atoms with Crippen molar-refractivity contribution in [1.29, 1.82) is 0 Å². The van der Waals surface area contributed by atoms with Crippen LogP contribution < -0.4 is 22.1 Å². The van der Waals surface area contributed by atoms with Crippen molar-refractivity contribution in [2.24, 2.45) is 5.73 Å². The number of nitrogens with one attached hydrogen (secondary N) is 2. The van der Waals surface area contributed by atoms with Gasteiger partial charge in [0.15, 0.2) is 0 Å². The van der Waals surface area contributed by atoms with E-state index in [2.05, 4.69) is 21.5 Å². The molecule has 1 aliphatic heterocycles. The fourth-order valence-electron chi connectivity index (χ4n) is 3.67. The Hall–Kier alpha value is -4.09. The second-order valence-electron chi connectivity index (χ2n) is 7.18. The number of carbonyl (C=O) groups is 1. The number of fused-ring (bicyclic) bond motifs is 1. The molecule has 2 aromatic heterocycles. The molecule has 0 bridgehead atoms. The van der Waals surface area contributed by atoms with Gasteiger partial charge in [0.2, 0.25) is 0 Å². The first-order chi connectivity index (χ1) is 15.1. The van der Waals surface area contributed by atoms with Gasteiger partial charge < -0.3 is 22.1 Å². The molecule has 1 amide bonds. The zero-order chi connectivity index (χ0) is 21.8. The highest BCUT2D eigenvalue weighted by molar-refractivity contribution is 5.96. The summed E-state index contributed by atoms with van der Waals surface area (Å²) in [5, 5.41) is 6.10. The van der Waals surface area contributed by atoms with Gasteiger partial charge in [-0.2, -0.15) is 0 Å². The third-order valence-corrected chi connectivity index (χ3v) is 5.13. The molecule has 1 aliphatic rings. The van der Waals surface area contributed by atoms with E-state index in [0.717, 1.165) is 42.0 Å². The van der Waals surface area contributed by atoms with Gasteiger partial charge in [-0.1, -0.05) is 24.1 Å². The maximum atomic E-state index is 12.4. The molecule has 1 saturated heterocycles. The number of nitrogens with zero attached hydrogens (tertiary/aromatic N) is 3. The first kappa shape index (κ1) is 20.2. The smallest absolute Gasteiger partial charge is 0.256 e. The van der Waals surface area contributed by atoms with Gasteiger partial charge >= 0.3 is 0 Å². The molecule has 3 heterocycles. The van der Waals surface area contributed by atoms with Crippen molar-refractivity contribution in [3.8, 4) is 23.6 Å². The number of aromatic nitrogens is 3. The lowest BCUT2D eigenvalue weighted by atomic mass is 10.1. The summed E-state index contributed by atoms with van der Waals surface area (Å²) in [5.74, 6) is 3.56. The highest BCUT2D eigenvalue weighted by Gasteiger charge is 2.24. The fourth-order valence-corrected chi connectivity index (χ4v) is 3.67. The minimum absolute atomic E-state index is 0.173. The third-order valence-electron chi connectivity index (χ3n) is 5.13. The average Bonchev–Trinajstić information content (AvgIpc) is 3.42. The van der Waals surface area contributed by atoms with Crippen molar-refractivity contribution in [3.63, 3.8) is 0 Å². The van der Waals surface area contributed by atoms with Crippen LogP contribution >= 0.6 is 0 Å². The molecule has 8 nitrogen and oxygen atoms in total. The van der Waals surface area contributed by atoms with E-state index in [1.54, 1.807) is 24.4 Å². The number of terminal acetylenes is 1. The minimum Gasteiger partial charge on any atom is -0.385 e. The summed E-state index contributed by atoms with van der Waals surface area (Å²) >= 11 is 0. The SMILES string of the molecule is C#C/C=C\C=C(/N)NC(=O)c1ccc(-c2nc([C@@H]3CCCN3)n3ccnc(N)c23)cc1. The largest absolute Gasteiger partial charge is 0.385 e. The first-order valence-electron chi connectivity index (χ1n) is 9.94. The highest BCUT2D eigenvalue weighted by Crippen LogP contribution is 2.32. The van der Waals surface area contributed by atoms with E-state index >= 15 is 0 Å². The van der Waals surface area contributed by atoms with Crippen molar-refractivity contribution in [2.45, 2.75) is 18.9 Å². The molecule has 6 N–H and O–H groups in total. The maximum Gasteiger partial charge on any atom is 0.256 e. The Labute approximate surface area is 180 Å². The second kappa shape index (κ2) is 8.73. The van der Waals surface area contributed by atoms with Crippen LogP contribution in [0.2, 0.25) is 0 Å². The molecule has 1 atom stereocenters. The van der Waals surface area contributed by atoms with Gasteiger partial charge in [-0.25, -0.2) is 9.97 Å². The molecule has 3 aromatic rings. The number of rotatable bonds is 5. The van der Waals surface area contributed by atoms with Gasteiger partial charge in [0.05, 0.1) is 6.04 Å². The summed E-state index contributed by atoms with van der Waals surface area (Å²) in [6, 6.07) is 7.30. The van der Waals surface area contributed by atoms with E-state index in [4.69, 9.17) is 22.9 Å². The number of nitrogens with two attached hydrogens (primary N) is 2. The number of amides is 1. The van der Waals surface area contributed by atoms with Crippen LogP contribution in [0, 0.1) is 12.3 Å². The average molecular weight is 413 g/mol. The molecule has 0 saturated carbocycles. The van der Waals surface area contributed by atoms with Gasteiger partial charge in [-0.15, -0.1) is 6.42 Å². The van der Waals surface area contributed by atoms with Gasteiger partial charge in [-0.3, -0.25) is 9.20 Å². The van der Waals surface area contributed by atoms with Crippen LogP contribution in [0.15, 0.2) is 60.7 Å². The third kappa shape index (κ3) is 4.13. The number of nitrogen functional groups attached to an aromatic ring is 1. The van der Waals surface area contributed by atoms with E-state index in [9.17, 15) is 4.79 Å². The second-order valence-corrected chi connectivity index (χ2v) is 7.18. The summed E-state index contributed by atoms with van der Waals surface area (Å²) in [4.78, 5) is 21.6. The summed E-state index contributed by atoms with van der Waals surface area (Å²) in [7, 11) is 0. The van der Waals surface area contributed by atoms with Crippen molar-refractivity contribution in [2.75, 3.05) is 12.3 Å². The number of hydrogen-bond acceptors (Lipinski definition) is 6. The Kier molecular flexibility index (Phi) is 5.69.